The molecule has 86 valence electrons. The molecule has 1 N–H and O–H groups in total. The van der Waals surface area contributed by atoms with Crippen LogP contribution in [-0.4, -0.2) is 9.78 Å². The number of nitrogens with zero attached hydrogens (tertiary/aromatic N) is 1. The minimum Gasteiger partial charge on any atom is -1.00 e. The summed E-state index contributed by atoms with van der Waals surface area (Å²) in [6.07, 6.45) is 0. The molecule has 3 nitrogen and oxygen atoms in total. The number of aromatic amines is 1. The van der Waals surface area contributed by atoms with E-state index in [2.05, 4.69) is 5.10 Å². The van der Waals surface area contributed by atoms with Crippen molar-refractivity contribution in [2.75, 3.05) is 0 Å². The molecule has 0 aliphatic carbocycles. The zero-order valence-electron chi connectivity index (χ0n) is 11.3. The maximum absolute atomic E-state index is 11.7. The van der Waals surface area contributed by atoms with Crippen LogP contribution in [0.15, 0.2) is 59.4 Å². The number of rotatable bonds is 2. The predicted molar refractivity (Wildman–Crippen MR) is 69.2 cm³/mol. The summed E-state index contributed by atoms with van der Waals surface area (Å²) in [6.45, 7) is 0.684. The van der Waals surface area contributed by atoms with Gasteiger partial charge in [-0.15, -0.1) is 0 Å². The molecule has 3 rings (SSSR count). The third-order valence-corrected chi connectivity index (χ3v) is 2.86. The van der Waals surface area contributed by atoms with Crippen LogP contribution in [-0.2, 0) is 6.54 Å². The van der Waals surface area contributed by atoms with Crippen LogP contribution in [0.3, 0.4) is 0 Å². The molecule has 0 atom stereocenters. The van der Waals surface area contributed by atoms with Gasteiger partial charge in [-0.3, -0.25) is 14.6 Å². The van der Waals surface area contributed by atoms with Gasteiger partial charge >= 0.3 is 29.6 Å². The second-order valence-corrected chi connectivity index (χ2v) is 4.03. The molecule has 0 aliphatic heterocycles. The Hall–Kier alpha value is -1.29. The van der Waals surface area contributed by atoms with Gasteiger partial charge in [-0.05, 0) is 17.7 Å². The van der Waals surface area contributed by atoms with Gasteiger partial charge in [-0.1, -0.05) is 42.5 Å². The molecule has 18 heavy (non-hydrogen) atoms. The molecule has 3 aromatic rings. The minimum absolute atomic E-state index is 0. The molecule has 0 aliphatic rings. The quantitative estimate of drug-likeness (QED) is 0.610. The molecule has 0 radical (unpaired) electrons. The normalized spacial score (nSPS) is 10.2. The van der Waals surface area contributed by atoms with Crippen LogP contribution in [0, 0.1) is 0 Å². The van der Waals surface area contributed by atoms with E-state index in [0.717, 1.165) is 10.9 Å². The average molecular weight is 248 g/mol. The largest absolute Gasteiger partial charge is 1.00 e. The number of benzene rings is 2. The Balaban J connectivity index is 0.000000902. The van der Waals surface area contributed by atoms with Crippen molar-refractivity contribution in [1.29, 1.82) is 0 Å². The molecule has 0 unspecified atom stereocenters. The van der Waals surface area contributed by atoms with Crippen LogP contribution in [0.4, 0.5) is 0 Å². The Labute approximate surface area is 128 Å². The third kappa shape index (κ3) is 2.43. The van der Waals surface area contributed by atoms with Crippen molar-refractivity contribution < 1.29 is 31.0 Å². The van der Waals surface area contributed by atoms with Gasteiger partial charge in [0.25, 0.3) is 5.56 Å². The first-order chi connectivity index (χ1) is 8.34. The number of hydrogen-bond donors (Lipinski definition) is 1. The molecule has 2 aromatic carbocycles. The van der Waals surface area contributed by atoms with Crippen molar-refractivity contribution in [1.82, 2.24) is 9.78 Å². The first-order valence-corrected chi connectivity index (χ1v) is 5.56. The van der Waals surface area contributed by atoms with Gasteiger partial charge in [-0.2, -0.15) is 0 Å². The van der Waals surface area contributed by atoms with E-state index in [9.17, 15) is 4.79 Å². The van der Waals surface area contributed by atoms with Gasteiger partial charge in [0, 0.05) is 0 Å². The van der Waals surface area contributed by atoms with Crippen molar-refractivity contribution >= 4 is 10.9 Å². The molecule has 0 spiro atoms. The Kier molecular flexibility index (Phi) is 4.07. The number of hydrogen-bond acceptors (Lipinski definition) is 1. The Bertz CT molecular complexity index is 706. The first-order valence-electron chi connectivity index (χ1n) is 5.56. The van der Waals surface area contributed by atoms with Gasteiger partial charge in [0.15, 0.2) is 0 Å². The summed E-state index contributed by atoms with van der Waals surface area (Å²) in [7, 11) is 0. The molecule has 0 fully saturated rings. The maximum Gasteiger partial charge on any atom is 1.00 e. The SMILES string of the molecule is O=c1[nH]n(Cc2ccccc2)c2ccccc12.[H-].[Na+]. The fourth-order valence-electron chi connectivity index (χ4n) is 2.03. The van der Waals surface area contributed by atoms with Gasteiger partial charge in [0.2, 0.25) is 0 Å². The van der Waals surface area contributed by atoms with Crippen molar-refractivity contribution in [3.8, 4) is 0 Å². The Morgan fingerprint density at radius 2 is 1.67 bits per heavy atom. The molecular weight excluding hydrogens is 235 g/mol. The van der Waals surface area contributed by atoms with Crippen LogP contribution in [0.1, 0.15) is 6.99 Å². The van der Waals surface area contributed by atoms with Gasteiger partial charge in [-0.25, -0.2) is 0 Å². The van der Waals surface area contributed by atoms with E-state index < -0.39 is 0 Å². The van der Waals surface area contributed by atoms with Crippen molar-refractivity contribution in [2.45, 2.75) is 6.54 Å². The number of H-pyrrole nitrogens is 1. The molecule has 1 aromatic heterocycles. The van der Waals surface area contributed by atoms with Crippen molar-refractivity contribution in [3.63, 3.8) is 0 Å². The predicted octanol–water partition coefficient (Wildman–Crippen LogP) is -0.506. The van der Waals surface area contributed by atoms with Crippen molar-refractivity contribution in [3.05, 3.63) is 70.5 Å². The average Bonchev–Trinajstić information content (AvgIpc) is 2.69. The second kappa shape index (κ2) is 5.57. The zero-order chi connectivity index (χ0) is 11.7. The Morgan fingerprint density at radius 1 is 1.00 bits per heavy atom. The molecule has 1 heterocycles. The van der Waals surface area contributed by atoms with E-state index in [-0.39, 0.29) is 36.5 Å². The fraction of sp³-hybridized carbons (Fsp3) is 0.0714. The number of fused-ring (bicyclic) bond motifs is 1. The van der Waals surface area contributed by atoms with Crippen LogP contribution < -0.4 is 35.1 Å². The molecular formula is C14H13N2NaO. The Morgan fingerprint density at radius 3 is 2.44 bits per heavy atom. The molecule has 4 heteroatoms. The first kappa shape index (κ1) is 13.1. The van der Waals surface area contributed by atoms with E-state index in [1.165, 1.54) is 5.56 Å². The monoisotopic (exact) mass is 248 g/mol. The summed E-state index contributed by atoms with van der Waals surface area (Å²) in [6, 6.07) is 17.7. The van der Waals surface area contributed by atoms with Crippen LogP contribution >= 0.6 is 0 Å². The van der Waals surface area contributed by atoms with Crippen LogP contribution in [0.2, 0.25) is 0 Å². The summed E-state index contributed by atoms with van der Waals surface area (Å²) >= 11 is 0. The van der Waals surface area contributed by atoms with E-state index in [4.69, 9.17) is 0 Å². The van der Waals surface area contributed by atoms with Crippen LogP contribution in [0.25, 0.3) is 10.9 Å². The van der Waals surface area contributed by atoms with E-state index in [1.807, 2.05) is 59.3 Å². The second-order valence-electron chi connectivity index (χ2n) is 4.03. The van der Waals surface area contributed by atoms with E-state index in [0.29, 0.717) is 6.54 Å². The molecule has 0 bridgehead atoms. The molecule has 0 amide bonds. The van der Waals surface area contributed by atoms with Crippen LogP contribution in [0.5, 0.6) is 0 Å². The van der Waals surface area contributed by atoms with Gasteiger partial charge < -0.3 is 1.43 Å². The standard InChI is InChI=1S/C14H12N2O.Na.H/c17-14-12-8-4-5-9-13(12)16(15-14)10-11-6-2-1-3-7-11;;/h1-9H,10H2,(H,15,17);;/q;+1;-1. The third-order valence-electron chi connectivity index (χ3n) is 2.86. The number of nitrogens with one attached hydrogen (secondary N) is 1. The van der Waals surface area contributed by atoms with E-state index >= 15 is 0 Å². The maximum atomic E-state index is 11.7. The summed E-state index contributed by atoms with van der Waals surface area (Å²) in [4.78, 5) is 11.7. The number of aromatic nitrogens is 2. The summed E-state index contributed by atoms with van der Waals surface area (Å²) < 4.78 is 1.88. The summed E-state index contributed by atoms with van der Waals surface area (Å²) in [5.74, 6) is 0. The summed E-state index contributed by atoms with van der Waals surface area (Å²) in [5.41, 5.74) is 2.09. The molecule has 0 saturated heterocycles. The van der Waals surface area contributed by atoms with E-state index in [1.54, 1.807) is 0 Å². The topological polar surface area (TPSA) is 37.8 Å². The zero-order valence-corrected chi connectivity index (χ0v) is 12.3. The van der Waals surface area contributed by atoms with Crippen molar-refractivity contribution in [2.24, 2.45) is 0 Å². The smallest absolute Gasteiger partial charge is 1.00 e. The fourth-order valence-corrected chi connectivity index (χ4v) is 2.03. The molecule has 0 saturated carbocycles. The summed E-state index contributed by atoms with van der Waals surface area (Å²) in [5, 5.41) is 3.60. The number of para-hydroxylation sites is 1. The van der Waals surface area contributed by atoms with Gasteiger partial charge in [0.1, 0.15) is 0 Å². The van der Waals surface area contributed by atoms with Gasteiger partial charge in [0.05, 0.1) is 17.4 Å². The minimum atomic E-state index is -0.0310.